The van der Waals surface area contributed by atoms with Crippen molar-refractivity contribution in [2.24, 2.45) is 5.92 Å². The first kappa shape index (κ1) is 43.4. The average molecular weight is 700 g/mol. The molecule has 0 spiro atoms. The maximum atomic E-state index is 12.6. The molecule has 3 amide bonds. The summed E-state index contributed by atoms with van der Waals surface area (Å²) >= 11 is 0. The molecule has 1 aliphatic rings. The van der Waals surface area contributed by atoms with Gasteiger partial charge >= 0.3 is 17.9 Å². The summed E-state index contributed by atoms with van der Waals surface area (Å²) in [4.78, 5) is 90.0. The molecular formula is C32H57N7O10. The van der Waals surface area contributed by atoms with Gasteiger partial charge in [-0.15, -0.1) is 0 Å². The number of aliphatic carboxylic acids is 3. The van der Waals surface area contributed by atoms with Gasteiger partial charge in [0, 0.05) is 91.3 Å². The Morgan fingerprint density at radius 1 is 0.653 bits per heavy atom. The van der Waals surface area contributed by atoms with Gasteiger partial charge in [0.15, 0.2) is 0 Å². The van der Waals surface area contributed by atoms with Crippen molar-refractivity contribution in [3.05, 3.63) is 0 Å². The number of amides is 3. The van der Waals surface area contributed by atoms with Crippen molar-refractivity contribution >= 4 is 41.9 Å². The molecule has 0 radical (unpaired) electrons. The zero-order valence-corrected chi connectivity index (χ0v) is 29.1. The maximum Gasteiger partial charge on any atom is 0.320 e. The Morgan fingerprint density at radius 2 is 1.10 bits per heavy atom. The molecule has 1 rings (SSSR count). The molecule has 0 aromatic heterocycles. The second-order valence-electron chi connectivity index (χ2n) is 12.4. The minimum atomic E-state index is -1.15. The molecule has 2 unspecified atom stereocenters. The van der Waals surface area contributed by atoms with E-state index in [0.29, 0.717) is 32.1 Å². The summed E-state index contributed by atoms with van der Waals surface area (Å²) in [5.41, 5.74) is 0. The number of carboxylic acids is 3. The van der Waals surface area contributed by atoms with E-state index in [4.69, 9.17) is 0 Å². The second-order valence-corrected chi connectivity index (χ2v) is 12.4. The minimum Gasteiger partial charge on any atom is -0.480 e. The smallest absolute Gasteiger partial charge is 0.320 e. The fourth-order valence-corrected chi connectivity index (χ4v) is 5.36. The molecule has 17 nitrogen and oxygen atoms in total. The standard InChI is InChI=1S/C32H57N7O10/c1-3-25(2)5-4-10-33-28(42)8-9-29(43)35-12-11-34-27(41)7-6-26(32(48)49)39-19-17-36(21-22-40)13-14-37(23-30(44)45)15-16-38(18-20-39)24-31(46)47/h22,25-26H,3-21,23-24H2,1-2H3,(H,33,42)(H,34,41)(H,35,43)(H,44,45)(H,46,47)(H,48,49). The summed E-state index contributed by atoms with van der Waals surface area (Å²) in [5.74, 6) is -3.55. The minimum absolute atomic E-state index is 0.0238. The third-order valence-corrected chi connectivity index (χ3v) is 8.53. The second kappa shape index (κ2) is 25.3. The average Bonchev–Trinajstić information content (AvgIpc) is 3.04. The molecule has 49 heavy (non-hydrogen) atoms. The van der Waals surface area contributed by atoms with Crippen LogP contribution in [-0.2, 0) is 33.6 Å². The quantitative estimate of drug-likeness (QED) is 0.0574. The third-order valence-electron chi connectivity index (χ3n) is 8.53. The first-order valence-electron chi connectivity index (χ1n) is 17.2. The van der Waals surface area contributed by atoms with Crippen LogP contribution < -0.4 is 16.0 Å². The van der Waals surface area contributed by atoms with Crippen molar-refractivity contribution < 1.29 is 48.9 Å². The molecule has 1 fully saturated rings. The van der Waals surface area contributed by atoms with Gasteiger partial charge in [-0.05, 0) is 25.2 Å². The maximum absolute atomic E-state index is 12.6. The van der Waals surface area contributed by atoms with Gasteiger partial charge in [-0.25, -0.2) is 0 Å². The Bertz CT molecular complexity index is 1060. The van der Waals surface area contributed by atoms with Gasteiger partial charge in [-0.1, -0.05) is 20.3 Å². The van der Waals surface area contributed by atoms with E-state index in [-0.39, 0.29) is 103 Å². The number of nitrogens with zero attached hydrogens (tertiary/aromatic N) is 4. The van der Waals surface area contributed by atoms with E-state index in [9.17, 15) is 48.9 Å². The van der Waals surface area contributed by atoms with Crippen molar-refractivity contribution in [2.75, 3.05) is 91.6 Å². The Hall–Kier alpha value is -3.67. The normalized spacial score (nSPS) is 17.1. The number of aldehydes is 1. The number of nitrogens with one attached hydrogen (secondary N) is 3. The van der Waals surface area contributed by atoms with Crippen LogP contribution in [0.4, 0.5) is 0 Å². The van der Waals surface area contributed by atoms with Gasteiger partial charge in [-0.2, -0.15) is 0 Å². The molecule has 2 atom stereocenters. The number of hydrogen-bond acceptors (Lipinski definition) is 11. The molecule has 0 aliphatic carbocycles. The van der Waals surface area contributed by atoms with E-state index in [1.54, 1.807) is 19.6 Å². The summed E-state index contributed by atoms with van der Waals surface area (Å²) in [6.07, 6.45) is 3.69. The Kier molecular flexibility index (Phi) is 22.4. The van der Waals surface area contributed by atoms with Crippen LogP contribution in [0.3, 0.4) is 0 Å². The van der Waals surface area contributed by atoms with E-state index >= 15 is 0 Å². The lowest BCUT2D eigenvalue weighted by Crippen LogP contribution is -2.51. The molecule has 1 saturated heterocycles. The molecular weight excluding hydrogens is 642 g/mol. The third kappa shape index (κ3) is 21.1. The van der Waals surface area contributed by atoms with Crippen LogP contribution in [0.1, 0.15) is 58.8 Å². The molecule has 0 aromatic carbocycles. The molecule has 6 N–H and O–H groups in total. The monoisotopic (exact) mass is 699 g/mol. The Morgan fingerprint density at radius 3 is 1.57 bits per heavy atom. The van der Waals surface area contributed by atoms with Crippen LogP contribution in [0.15, 0.2) is 0 Å². The lowest BCUT2D eigenvalue weighted by atomic mass is 10.0. The predicted octanol–water partition coefficient (Wildman–Crippen LogP) is -1.24. The zero-order chi connectivity index (χ0) is 36.6. The van der Waals surface area contributed by atoms with Crippen molar-refractivity contribution in [3.63, 3.8) is 0 Å². The molecule has 17 heteroatoms. The van der Waals surface area contributed by atoms with E-state index in [1.807, 2.05) is 0 Å². The topological polar surface area (TPSA) is 229 Å². The van der Waals surface area contributed by atoms with E-state index in [2.05, 4.69) is 29.8 Å². The molecule has 1 heterocycles. The number of hydrogen-bond donors (Lipinski definition) is 6. The van der Waals surface area contributed by atoms with Crippen LogP contribution in [0.5, 0.6) is 0 Å². The predicted molar refractivity (Wildman–Crippen MR) is 180 cm³/mol. The van der Waals surface area contributed by atoms with Gasteiger partial charge in [0.2, 0.25) is 17.7 Å². The first-order valence-corrected chi connectivity index (χ1v) is 17.2. The molecule has 1 aliphatic heterocycles. The fourth-order valence-electron chi connectivity index (χ4n) is 5.36. The summed E-state index contributed by atoms with van der Waals surface area (Å²) in [6, 6.07) is -1.07. The van der Waals surface area contributed by atoms with Crippen molar-refractivity contribution in [2.45, 2.75) is 64.8 Å². The summed E-state index contributed by atoms with van der Waals surface area (Å²) in [6.45, 7) is 6.70. The highest BCUT2D eigenvalue weighted by atomic mass is 16.4. The van der Waals surface area contributed by atoms with Crippen molar-refractivity contribution in [3.8, 4) is 0 Å². The van der Waals surface area contributed by atoms with Gasteiger partial charge in [0.25, 0.3) is 0 Å². The van der Waals surface area contributed by atoms with Crippen LogP contribution >= 0.6 is 0 Å². The van der Waals surface area contributed by atoms with E-state index in [1.165, 1.54) is 0 Å². The van der Waals surface area contributed by atoms with Crippen LogP contribution in [0.25, 0.3) is 0 Å². The largest absolute Gasteiger partial charge is 0.480 e. The van der Waals surface area contributed by atoms with Crippen LogP contribution in [-0.4, -0.2) is 175 Å². The lowest BCUT2D eigenvalue weighted by Gasteiger charge is -2.35. The molecule has 280 valence electrons. The molecule has 0 aromatic rings. The number of carbonyl (C=O) groups is 7. The Labute approximate surface area is 288 Å². The van der Waals surface area contributed by atoms with Crippen molar-refractivity contribution in [1.29, 1.82) is 0 Å². The highest BCUT2D eigenvalue weighted by Crippen LogP contribution is 2.11. The number of carboxylic acid groups (broad SMARTS) is 3. The molecule has 0 bridgehead atoms. The van der Waals surface area contributed by atoms with Crippen LogP contribution in [0, 0.1) is 5.92 Å². The highest BCUT2D eigenvalue weighted by molar-refractivity contribution is 5.83. The summed E-state index contributed by atoms with van der Waals surface area (Å²) in [7, 11) is 0. The highest BCUT2D eigenvalue weighted by Gasteiger charge is 2.28. The van der Waals surface area contributed by atoms with Gasteiger partial charge in [0.1, 0.15) is 12.3 Å². The molecule has 0 saturated carbocycles. The van der Waals surface area contributed by atoms with E-state index < -0.39 is 29.9 Å². The van der Waals surface area contributed by atoms with Gasteiger partial charge in [0.05, 0.1) is 19.6 Å². The van der Waals surface area contributed by atoms with Crippen LogP contribution in [0.2, 0.25) is 0 Å². The van der Waals surface area contributed by atoms with Gasteiger partial charge in [-0.3, -0.25) is 48.4 Å². The summed E-state index contributed by atoms with van der Waals surface area (Å²) < 4.78 is 0. The van der Waals surface area contributed by atoms with E-state index in [0.717, 1.165) is 25.5 Å². The summed E-state index contributed by atoms with van der Waals surface area (Å²) in [5, 5.41) is 36.9. The lowest BCUT2D eigenvalue weighted by molar-refractivity contribution is -0.144. The first-order chi connectivity index (χ1) is 23.3. The number of carbonyl (C=O) groups excluding carboxylic acids is 4. The Balaban J connectivity index is 2.65. The van der Waals surface area contributed by atoms with Gasteiger partial charge < -0.3 is 36.1 Å². The zero-order valence-electron chi connectivity index (χ0n) is 29.1. The number of rotatable bonds is 22. The van der Waals surface area contributed by atoms with Crippen molar-refractivity contribution in [1.82, 2.24) is 35.6 Å². The fraction of sp³-hybridized carbons (Fsp3) is 0.781. The SMILES string of the molecule is CCC(C)CCCNC(=O)CCC(=O)NCCNC(=O)CCC(C(=O)O)N1CCN(CC=O)CCN(CC(=O)O)CCN(CC(=O)O)CC1.